The van der Waals surface area contributed by atoms with Gasteiger partial charge in [-0.1, -0.05) is 0 Å². The van der Waals surface area contributed by atoms with Gasteiger partial charge in [-0.05, 0) is 31.7 Å². The van der Waals surface area contributed by atoms with Gasteiger partial charge in [-0.2, -0.15) is 0 Å². The largest absolute Gasteiger partial charge is 0.394 e. The first kappa shape index (κ1) is 15.5. The predicted molar refractivity (Wildman–Crippen MR) is 81.2 cm³/mol. The van der Waals surface area contributed by atoms with Crippen molar-refractivity contribution in [2.75, 3.05) is 6.61 Å². The van der Waals surface area contributed by atoms with Crippen LogP contribution in [0.1, 0.15) is 19.4 Å². The third-order valence-corrected chi connectivity index (χ3v) is 4.28. The van der Waals surface area contributed by atoms with Gasteiger partial charge in [-0.3, -0.25) is 9.36 Å². The Morgan fingerprint density at radius 1 is 1.48 bits per heavy atom. The van der Waals surface area contributed by atoms with Gasteiger partial charge in [0, 0.05) is 6.54 Å². The van der Waals surface area contributed by atoms with E-state index in [1.807, 2.05) is 0 Å². The molecule has 0 fully saturated rings. The van der Waals surface area contributed by atoms with Crippen LogP contribution < -0.4 is 16.6 Å². The maximum Gasteiger partial charge on any atom is 0.340 e. The highest BCUT2D eigenvalue weighted by atomic mass is 32.1. The van der Waals surface area contributed by atoms with Crippen LogP contribution in [0, 0.1) is 6.92 Å². The summed E-state index contributed by atoms with van der Waals surface area (Å²) in [4.78, 5) is 37.3. The molecule has 0 aliphatic rings. The van der Waals surface area contributed by atoms with Gasteiger partial charge in [0.05, 0.1) is 18.0 Å². The zero-order valence-corrected chi connectivity index (χ0v) is 12.9. The van der Waals surface area contributed by atoms with E-state index in [2.05, 4.69) is 5.32 Å². The van der Waals surface area contributed by atoms with E-state index in [9.17, 15) is 14.4 Å². The number of thiophene rings is 1. The Hall–Kier alpha value is -1.93. The van der Waals surface area contributed by atoms with E-state index in [1.165, 1.54) is 11.3 Å². The van der Waals surface area contributed by atoms with Gasteiger partial charge >= 0.3 is 11.7 Å². The van der Waals surface area contributed by atoms with Crippen molar-refractivity contribution in [1.29, 1.82) is 0 Å². The molecule has 2 heterocycles. The Morgan fingerprint density at radius 3 is 2.71 bits per heavy atom. The number of nitrogens with one attached hydrogen (secondary N) is 1. The summed E-state index contributed by atoms with van der Waals surface area (Å²) in [6.07, 6.45) is 0. The van der Waals surface area contributed by atoms with Crippen LogP contribution in [-0.2, 0) is 6.54 Å². The summed E-state index contributed by atoms with van der Waals surface area (Å²) in [7, 11) is 0. The lowest BCUT2D eigenvalue weighted by atomic mass is 10.2. The molecule has 2 N–H and O–H groups in total. The van der Waals surface area contributed by atoms with Crippen LogP contribution >= 0.6 is 11.3 Å². The topological polar surface area (TPSA) is 93.3 Å². The van der Waals surface area contributed by atoms with Crippen molar-refractivity contribution in [2.24, 2.45) is 0 Å². The van der Waals surface area contributed by atoms with E-state index in [-0.39, 0.29) is 18.7 Å². The fraction of sp³-hybridized carbons (Fsp3) is 0.462. The number of aliphatic hydroxyl groups excluding tert-OH is 1. The molecule has 2 aromatic heterocycles. The Morgan fingerprint density at radius 2 is 2.14 bits per heavy atom. The monoisotopic (exact) mass is 311 g/mol. The van der Waals surface area contributed by atoms with E-state index in [0.29, 0.717) is 10.2 Å². The number of aliphatic hydroxyl groups is 1. The molecule has 0 bridgehead atoms. The predicted octanol–water partition coefficient (Wildman–Crippen LogP) is 0.492. The molecule has 1 amide bonds. The number of nitrogens with zero attached hydrogens (tertiary/aromatic N) is 2. The van der Waals surface area contributed by atoms with Crippen LogP contribution in [0.5, 0.6) is 0 Å². The van der Waals surface area contributed by atoms with Crippen LogP contribution in [-0.4, -0.2) is 32.9 Å². The summed E-state index contributed by atoms with van der Waals surface area (Å²) in [5.74, 6) is 0. The second-order valence-electron chi connectivity index (χ2n) is 4.80. The molecule has 0 aromatic carbocycles. The highest BCUT2D eigenvalue weighted by Crippen LogP contribution is 2.20. The van der Waals surface area contributed by atoms with Crippen molar-refractivity contribution in [3.63, 3.8) is 0 Å². The summed E-state index contributed by atoms with van der Waals surface area (Å²) in [6.45, 7) is 5.01. The average Bonchev–Trinajstić information content (AvgIpc) is 2.81. The SMILES string of the molecule is CCn1c(=O)c2c(C)csc2n(C(=O)N[C@H](C)CO)c1=O. The molecule has 2 aromatic rings. The van der Waals surface area contributed by atoms with Crippen molar-refractivity contribution in [3.05, 3.63) is 31.8 Å². The summed E-state index contributed by atoms with van der Waals surface area (Å²) in [6, 6.07) is -1.13. The third kappa shape index (κ3) is 2.52. The number of fused-ring (bicyclic) bond motifs is 1. The second kappa shape index (κ2) is 5.82. The number of carbonyl (C=O) groups excluding carboxylic acids is 1. The van der Waals surface area contributed by atoms with Crippen molar-refractivity contribution in [3.8, 4) is 0 Å². The molecule has 0 spiro atoms. The zero-order valence-electron chi connectivity index (χ0n) is 12.0. The smallest absolute Gasteiger partial charge is 0.340 e. The second-order valence-corrected chi connectivity index (χ2v) is 5.66. The first-order valence-corrected chi connectivity index (χ1v) is 7.45. The fourth-order valence-electron chi connectivity index (χ4n) is 2.06. The number of amides is 1. The van der Waals surface area contributed by atoms with E-state index < -0.39 is 17.8 Å². The minimum absolute atomic E-state index is 0.186. The number of aryl methyl sites for hydroxylation is 1. The first-order chi connectivity index (χ1) is 9.92. The molecule has 0 aliphatic heterocycles. The molecule has 0 unspecified atom stereocenters. The van der Waals surface area contributed by atoms with Crippen LogP contribution in [0.15, 0.2) is 15.0 Å². The maximum atomic E-state index is 12.4. The summed E-state index contributed by atoms with van der Waals surface area (Å²) in [5.41, 5.74) is -0.311. The van der Waals surface area contributed by atoms with E-state index in [0.717, 1.165) is 14.7 Å². The van der Waals surface area contributed by atoms with E-state index >= 15 is 0 Å². The maximum absolute atomic E-state index is 12.4. The number of hydrogen-bond acceptors (Lipinski definition) is 5. The Labute approximate surface area is 124 Å². The lowest BCUT2D eigenvalue weighted by Gasteiger charge is -2.14. The van der Waals surface area contributed by atoms with Crippen molar-refractivity contribution >= 4 is 27.6 Å². The van der Waals surface area contributed by atoms with Crippen LogP contribution in [0.2, 0.25) is 0 Å². The highest BCUT2D eigenvalue weighted by Gasteiger charge is 2.20. The van der Waals surface area contributed by atoms with E-state index in [4.69, 9.17) is 5.11 Å². The van der Waals surface area contributed by atoms with Crippen LogP contribution in [0.25, 0.3) is 10.2 Å². The lowest BCUT2D eigenvalue weighted by Crippen LogP contribution is -2.47. The van der Waals surface area contributed by atoms with Gasteiger partial charge < -0.3 is 10.4 Å². The summed E-state index contributed by atoms with van der Waals surface area (Å²) in [5, 5.41) is 13.7. The zero-order chi connectivity index (χ0) is 15.7. The minimum Gasteiger partial charge on any atom is -0.394 e. The third-order valence-electron chi connectivity index (χ3n) is 3.20. The van der Waals surface area contributed by atoms with Gasteiger partial charge in [0.1, 0.15) is 4.83 Å². The van der Waals surface area contributed by atoms with Gasteiger partial charge in [-0.25, -0.2) is 14.2 Å². The highest BCUT2D eigenvalue weighted by molar-refractivity contribution is 7.17. The molecule has 0 aliphatic carbocycles. The first-order valence-electron chi connectivity index (χ1n) is 6.57. The van der Waals surface area contributed by atoms with Gasteiger partial charge in [0.15, 0.2) is 0 Å². The number of rotatable bonds is 3. The average molecular weight is 311 g/mol. The molecular formula is C13H17N3O4S. The molecule has 0 saturated heterocycles. The van der Waals surface area contributed by atoms with E-state index in [1.54, 1.807) is 26.2 Å². The molecular weight excluding hydrogens is 294 g/mol. The normalized spacial score (nSPS) is 12.6. The summed E-state index contributed by atoms with van der Waals surface area (Å²) < 4.78 is 2.00. The standard InChI is InChI=1S/C13H17N3O4S/c1-4-15-10(18)9-7(2)6-21-11(9)16(13(15)20)12(19)14-8(3)5-17/h6,8,17H,4-5H2,1-3H3,(H,14,19)/t8-/m1/s1. The number of hydrogen-bond donors (Lipinski definition) is 2. The van der Waals surface area contributed by atoms with Crippen molar-refractivity contribution < 1.29 is 9.90 Å². The molecule has 114 valence electrons. The van der Waals surface area contributed by atoms with Crippen molar-refractivity contribution in [1.82, 2.24) is 14.5 Å². The van der Waals surface area contributed by atoms with Gasteiger partial charge in [0.25, 0.3) is 5.56 Å². The fourth-order valence-corrected chi connectivity index (χ4v) is 3.10. The molecule has 2 rings (SSSR count). The number of aromatic nitrogens is 2. The Bertz CT molecular complexity index is 802. The number of carbonyl (C=O) groups is 1. The molecule has 0 radical (unpaired) electrons. The van der Waals surface area contributed by atoms with Gasteiger partial charge in [-0.15, -0.1) is 11.3 Å². The molecule has 0 saturated carbocycles. The van der Waals surface area contributed by atoms with Crippen molar-refractivity contribution in [2.45, 2.75) is 33.4 Å². The van der Waals surface area contributed by atoms with Gasteiger partial charge in [0.2, 0.25) is 0 Å². The van der Waals surface area contributed by atoms with Crippen LogP contribution in [0.3, 0.4) is 0 Å². The molecule has 8 heteroatoms. The molecule has 1 atom stereocenters. The molecule has 7 nitrogen and oxygen atoms in total. The Kier molecular flexibility index (Phi) is 4.29. The van der Waals surface area contributed by atoms with Crippen LogP contribution in [0.4, 0.5) is 4.79 Å². The lowest BCUT2D eigenvalue weighted by molar-refractivity contribution is 0.221. The molecule has 21 heavy (non-hydrogen) atoms. The quantitative estimate of drug-likeness (QED) is 0.863. The minimum atomic E-state index is -0.667. The Balaban J connectivity index is 2.76. The summed E-state index contributed by atoms with van der Waals surface area (Å²) >= 11 is 1.18.